The Morgan fingerprint density at radius 3 is 2.92 bits per heavy atom. The van der Waals surface area contributed by atoms with E-state index >= 15 is 0 Å². The van der Waals surface area contributed by atoms with Gasteiger partial charge in [0, 0.05) is 23.9 Å². The zero-order valence-electron chi connectivity index (χ0n) is 12.9. The van der Waals surface area contributed by atoms with E-state index in [1.807, 2.05) is 0 Å². The average Bonchev–Trinajstić information content (AvgIpc) is 2.60. The molecule has 8 heteroatoms. The average molecular weight is 339 g/mol. The van der Waals surface area contributed by atoms with Gasteiger partial charge in [0.2, 0.25) is 5.91 Å². The maximum absolute atomic E-state index is 12.0. The first kappa shape index (κ1) is 16.2. The highest BCUT2D eigenvalue weighted by molar-refractivity contribution is 6.03. The minimum atomic E-state index is -0.499. The van der Waals surface area contributed by atoms with Gasteiger partial charge < -0.3 is 15.4 Å². The molecule has 0 aliphatic carbocycles. The lowest BCUT2D eigenvalue weighted by Gasteiger charge is -2.18. The van der Waals surface area contributed by atoms with Gasteiger partial charge in [-0.3, -0.25) is 19.7 Å². The van der Waals surface area contributed by atoms with Crippen LogP contribution in [0.4, 0.5) is 17.1 Å². The van der Waals surface area contributed by atoms with E-state index in [2.05, 4.69) is 10.6 Å². The molecule has 8 nitrogen and oxygen atoms in total. The highest BCUT2D eigenvalue weighted by atomic mass is 16.6. The summed E-state index contributed by atoms with van der Waals surface area (Å²) in [4.78, 5) is 33.5. The standard InChI is InChI=1S/C17H13N3O5/c21-16(7-4-11-2-1-3-13(8-11)20(23)24)18-12-5-6-15-14(9-12)19-17(22)10-25-15/h1-9H,10H2,(H,18,21)(H,19,22)/b7-4+. The first-order valence-corrected chi connectivity index (χ1v) is 7.31. The minimum absolute atomic E-state index is 0.0370. The molecule has 2 N–H and O–H groups in total. The lowest BCUT2D eigenvalue weighted by molar-refractivity contribution is -0.384. The molecule has 0 atom stereocenters. The van der Waals surface area contributed by atoms with Crippen molar-refractivity contribution in [3.63, 3.8) is 0 Å². The number of amides is 2. The Balaban J connectivity index is 1.68. The fourth-order valence-corrected chi connectivity index (χ4v) is 2.26. The highest BCUT2D eigenvalue weighted by Crippen LogP contribution is 2.30. The number of anilines is 2. The van der Waals surface area contributed by atoms with Gasteiger partial charge in [0.25, 0.3) is 11.6 Å². The molecule has 1 aliphatic heterocycles. The fourth-order valence-electron chi connectivity index (χ4n) is 2.26. The third-order valence-electron chi connectivity index (χ3n) is 3.39. The molecule has 0 spiro atoms. The van der Waals surface area contributed by atoms with Crippen LogP contribution in [0.1, 0.15) is 5.56 Å². The van der Waals surface area contributed by atoms with Crippen LogP contribution >= 0.6 is 0 Å². The van der Waals surface area contributed by atoms with Crippen molar-refractivity contribution in [3.05, 3.63) is 64.2 Å². The van der Waals surface area contributed by atoms with E-state index < -0.39 is 10.8 Å². The molecular weight excluding hydrogens is 326 g/mol. The summed E-state index contributed by atoms with van der Waals surface area (Å²) in [6.07, 6.45) is 2.75. The number of hydrogen-bond acceptors (Lipinski definition) is 5. The van der Waals surface area contributed by atoms with E-state index in [-0.39, 0.29) is 18.2 Å². The molecule has 1 aliphatic rings. The normalized spacial score (nSPS) is 12.9. The zero-order valence-corrected chi connectivity index (χ0v) is 12.9. The van der Waals surface area contributed by atoms with Crippen molar-refractivity contribution in [2.45, 2.75) is 0 Å². The number of non-ortho nitro benzene ring substituents is 1. The van der Waals surface area contributed by atoms with E-state index in [1.54, 1.807) is 30.3 Å². The van der Waals surface area contributed by atoms with Crippen LogP contribution in [0.15, 0.2) is 48.5 Å². The predicted octanol–water partition coefficient (Wildman–Crippen LogP) is 2.58. The third kappa shape index (κ3) is 3.99. The third-order valence-corrected chi connectivity index (χ3v) is 3.39. The van der Waals surface area contributed by atoms with Crippen LogP contribution < -0.4 is 15.4 Å². The summed E-state index contributed by atoms with van der Waals surface area (Å²) >= 11 is 0. The van der Waals surface area contributed by atoms with Crippen molar-refractivity contribution in [2.24, 2.45) is 0 Å². The van der Waals surface area contributed by atoms with Crippen LogP contribution in [-0.4, -0.2) is 23.3 Å². The van der Waals surface area contributed by atoms with Gasteiger partial charge in [0.15, 0.2) is 6.61 Å². The molecule has 3 rings (SSSR count). The molecule has 2 aromatic carbocycles. The quantitative estimate of drug-likeness (QED) is 0.505. The maximum Gasteiger partial charge on any atom is 0.270 e. The van der Waals surface area contributed by atoms with Crippen LogP contribution in [0.5, 0.6) is 5.75 Å². The predicted molar refractivity (Wildman–Crippen MR) is 91.3 cm³/mol. The number of nitrogens with zero attached hydrogens (tertiary/aromatic N) is 1. The molecule has 2 amide bonds. The first-order valence-electron chi connectivity index (χ1n) is 7.31. The smallest absolute Gasteiger partial charge is 0.270 e. The van der Waals surface area contributed by atoms with Gasteiger partial charge in [0.1, 0.15) is 5.75 Å². The molecule has 0 unspecified atom stereocenters. The van der Waals surface area contributed by atoms with Gasteiger partial charge in [-0.1, -0.05) is 12.1 Å². The number of fused-ring (bicyclic) bond motifs is 1. The summed E-state index contributed by atoms with van der Waals surface area (Å²) in [5.74, 6) is -0.138. The minimum Gasteiger partial charge on any atom is -0.482 e. The van der Waals surface area contributed by atoms with E-state index in [0.29, 0.717) is 22.7 Å². The van der Waals surface area contributed by atoms with Crippen LogP contribution in [0.2, 0.25) is 0 Å². The molecule has 0 aromatic heterocycles. The van der Waals surface area contributed by atoms with Crippen molar-refractivity contribution in [1.82, 2.24) is 0 Å². The molecule has 0 fully saturated rings. The van der Waals surface area contributed by atoms with Crippen LogP contribution in [0.25, 0.3) is 6.08 Å². The summed E-state index contributed by atoms with van der Waals surface area (Å²) < 4.78 is 5.24. The van der Waals surface area contributed by atoms with Gasteiger partial charge in [-0.05, 0) is 29.8 Å². The first-order chi connectivity index (χ1) is 12.0. The van der Waals surface area contributed by atoms with Gasteiger partial charge in [-0.25, -0.2) is 0 Å². The number of rotatable bonds is 4. The lowest BCUT2D eigenvalue weighted by Crippen LogP contribution is -2.25. The molecule has 0 saturated carbocycles. The number of carbonyl (C=O) groups is 2. The highest BCUT2D eigenvalue weighted by Gasteiger charge is 2.16. The largest absolute Gasteiger partial charge is 0.482 e. The fraction of sp³-hybridized carbons (Fsp3) is 0.0588. The molecule has 1 heterocycles. The Kier molecular flexibility index (Phi) is 4.42. The summed E-state index contributed by atoms with van der Waals surface area (Å²) in [7, 11) is 0. The number of carbonyl (C=O) groups excluding carboxylic acids is 2. The molecule has 2 aromatic rings. The van der Waals surface area contributed by atoms with Gasteiger partial charge in [-0.15, -0.1) is 0 Å². The van der Waals surface area contributed by atoms with E-state index in [1.165, 1.54) is 24.3 Å². The van der Waals surface area contributed by atoms with Gasteiger partial charge >= 0.3 is 0 Å². The molecule has 25 heavy (non-hydrogen) atoms. The van der Waals surface area contributed by atoms with Crippen molar-refractivity contribution in [2.75, 3.05) is 17.2 Å². The molecule has 0 saturated heterocycles. The van der Waals surface area contributed by atoms with Crippen molar-refractivity contribution in [3.8, 4) is 5.75 Å². The molecule has 0 bridgehead atoms. The number of nitro groups is 1. The Labute approximate surface area is 142 Å². The number of benzene rings is 2. The summed E-state index contributed by atoms with van der Waals surface area (Å²) in [5, 5.41) is 16.0. The molecule has 0 radical (unpaired) electrons. The Morgan fingerprint density at radius 2 is 2.12 bits per heavy atom. The van der Waals surface area contributed by atoms with Crippen LogP contribution in [-0.2, 0) is 9.59 Å². The second-order valence-electron chi connectivity index (χ2n) is 5.22. The van der Waals surface area contributed by atoms with E-state index in [4.69, 9.17) is 4.74 Å². The van der Waals surface area contributed by atoms with E-state index in [9.17, 15) is 19.7 Å². The van der Waals surface area contributed by atoms with Gasteiger partial charge in [-0.2, -0.15) is 0 Å². The van der Waals surface area contributed by atoms with Crippen molar-refractivity contribution in [1.29, 1.82) is 0 Å². The Hall–Kier alpha value is -3.68. The number of ether oxygens (including phenoxy) is 1. The molecular formula is C17H13N3O5. The number of nitro benzene ring substituents is 1. The van der Waals surface area contributed by atoms with Crippen molar-refractivity contribution >= 4 is 35.0 Å². The summed E-state index contributed by atoms with van der Waals surface area (Å²) in [5.41, 5.74) is 1.46. The summed E-state index contributed by atoms with van der Waals surface area (Å²) in [6.45, 7) is -0.0370. The van der Waals surface area contributed by atoms with Gasteiger partial charge in [0.05, 0.1) is 10.6 Å². The lowest BCUT2D eigenvalue weighted by atomic mass is 10.2. The second-order valence-corrected chi connectivity index (χ2v) is 5.22. The topological polar surface area (TPSA) is 111 Å². The number of nitrogens with one attached hydrogen (secondary N) is 2. The second kappa shape index (κ2) is 6.83. The molecule has 126 valence electrons. The van der Waals surface area contributed by atoms with Crippen molar-refractivity contribution < 1.29 is 19.2 Å². The Bertz CT molecular complexity index is 892. The van der Waals surface area contributed by atoms with E-state index in [0.717, 1.165) is 0 Å². The Morgan fingerprint density at radius 1 is 1.28 bits per heavy atom. The van der Waals surface area contributed by atoms with Crippen LogP contribution in [0.3, 0.4) is 0 Å². The maximum atomic E-state index is 12.0. The summed E-state index contributed by atoms with van der Waals surface area (Å²) in [6, 6.07) is 10.8. The zero-order chi connectivity index (χ0) is 17.8. The SMILES string of the molecule is O=C(/C=C/c1cccc([N+](=O)[O-])c1)Nc1ccc2c(c1)NC(=O)CO2. The number of hydrogen-bond donors (Lipinski definition) is 2. The van der Waals surface area contributed by atoms with Crippen LogP contribution in [0, 0.1) is 10.1 Å². The monoisotopic (exact) mass is 339 g/mol.